The molecule has 2 N–H and O–H groups in total. The average Bonchev–Trinajstić information content (AvgIpc) is 3.35. The van der Waals surface area contributed by atoms with Crippen LogP contribution in [-0.4, -0.2) is 54.0 Å². The molecule has 0 fully saturated rings. The number of aromatic amines is 1. The second kappa shape index (κ2) is 8.82. The normalized spacial score (nSPS) is 15.1. The van der Waals surface area contributed by atoms with Crippen LogP contribution in [0, 0.1) is 0 Å². The lowest BCUT2D eigenvalue weighted by atomic mass is 9.95. The Balaban J connectivity index is 1.94. The fourth-order valence-electron chi connectivity index (χ4n) is 4.24. The van der Waals surface area contributed by atoms with Crippen LogP contribution >= 0.6 is 0 Å². The molecule has 2 heterocycles. The van der Waals surface area contributed by atoms with E-state index in [0.29, 0.717) is 40.7 Å². The number of nitrogens with one attached hydrogen (secondary N) is 1. The van der Waals surface area contributed by atoms with Crippen LogP contribution in [0.25, 0.3) is 11.3 Å². The fourth-order valence-corrected chi connectivity index (χ4v) is 4.24. The zero-order valence-corrected chi connectivity index (χ0v) is 18.6. The number of fused-ring (bicyclic) bond motifs is 1. The number of para-hydroxylation sites is 1. The van der Waals surface area contributed by atoms with Crippen LogP contribution in [-0.2, 0) is 0 Å². The van der Waals surface area contributed by atoms with E-state index < -0.39 is 6.04 Å². The van der Waals surface area contributed by atoms with Crippen LogP contribution in [0.2, 0.25) is 0 Å². The van der Waals surface area contributed by atoms with E-state index in [1.807, 2.05) is 23.1 Å². The number of ether oxygens (including phenoxy) is 3. The van der Waals surface area contributed by atoms with Crippen molar-refractivity contribution in [3.63, 3.8) is 0 Å². The Labute approximate surface area is 186 Å². The van der Waals surface area contributed by atoms with E-state index in [-0.39, 0.29) is 11.7 Å². The molecule has 8 nitrogen and oxygen atoms in total. The van der Waals surface area contributed by atoms with E-state index >= 15 is 0 Å². The molecule has 0 radical (unpaired) electrons. The number of carbonyl (C=O) groups is 1. The minimum Gasteiger partial charge on any atom is -0.507 e. The third-order valence-electron chi connectivity index (χ3n) is 5.78. The van der Waals surface area contributed by atoms with E-state index in [1.165, 1.54) is 0 Å². The van der Waals surface area contributed by atoms with Crippen molar-refractivity contribution >= 4 is 5.91 Å². The van der Waals surface area contributed by atoms with Crippen LogP contribution in [0.4, 0.5) is 0 Å². The number of H-pyrrole nitrogens is 1. The summed E-state index contributed by atoms with van der Waals surface area (Å²) >= 11 is 0. The second-order valence-corrected chi connectivity index (χ2v) is 7.59. The predicted molar refractivity (Wildman–Crippen MR) is 120 cm³/mol. The van der Waals surface area contributed by atoms with Gasteiger partial charge in [-0.05, 0) is 36.2 Å². The maximum atomic E-state index is 13.4. The molecule has 0 saturated carbocycles. The van der Waals surface area contributed by atoms with Gasteiger partial charge in [0, 0.05) is 17.7 Å². The number of hydrogen-bond acceptors (Lipinski definition) is 6. The van der Waals surface area contributed by atoms with Crippen LogP contribution in [0.5, 0.6) is 23.0 Å². The van der Waals surface area contributed by atoms with Crippen LogP contribution < -0.4 is 14.2 Å². The highest BCUT2D eigenvalue weighted by Gasteiger charge is 2.42. The Hall–Kier alpha value is -3.68. The molecule has 0 bridgehead atoms. The summed E-state index contributed by atoms with van der Waals surface area (Å²) in [5.41, 5.74) is 3.07. The number of aromatic hydroxyl groups is 1. The smallest absolute Gasteiger partial charge is 0.273 e. The Morgan fingerprint density at radius 1 is 1.09 bits per heavy atom. The zero-order valence-electron chi connectivity index (χ0n) is 18.6. The number of nitrogens with zero attached hydrogens (tertiary/aromatic N) is 2. The second-order valence-electron chi connectivity index (χ2n) is 7.59. The Morgan fingerprint density at radius 3 is 2.38 bits per heavy atom. The Kier molecular flexibility index (Phi) is 5.94. The molecule has 0 saturated heterocycles. The lowest BCUT2D eigenvalue weighted by molar-refractivity contribution is 0.0741. The van der Waals surface area contributed by atoms with E-state index in [0.717, 1.165) is 24.0 Å². The fraction of sp³-hybridized carbons (Fsp3) is 0.333. The summed E-state index contributed by atoms with van der Waals surface area (Å²) in [6.45, 7) is 2.67. The maximum Gasteiger partial charge on any atom is 0.273 e. The zero-order chi connectivity index (χ0) is 22.8. The summed E-state index contributed by atoms with van der Waals surface area (Å²) in [7, 11) is 4.68. The molecule has 32 heavy (non-hydrogen) atoms. The van der Waals surface area contributed by atoms with Gasteiger partial charge < -0.3 is 24.2 Å². The number of rotatable bonds is 8. The first kappa shape index (κ1) is 21.5. The molecule has 1 aliphatic heterocycles. The van der Waals surface area contributed by atoms with Gasteiger partial charge >= 0.3 is 0 Å². The molecule has 1 aliphatic rings. The SMILES string of the molecule is CCCCN1C(=O)c2[nH]nc(-c3ccccc3O)c2[C@H]1c1cc(OC)c(OC)c(OC)c1. The van der Waals surface area contributed by atoms with Gasteiger partial charge in [0.25, 0.3) is 5.91 Å². The number of aromatic nitrogens is 2. The first-order chi connectivity index (χ1) is 15.5. The van der Waals surface area contributed by atoms with Crippen molar-refractivity contribution in [3.05, 3.63) is 53.2 Å². The first-order valence-corrected chi connectivity index (χ1v) is 10.5. The monoisotopic (exact) mass is 437 g/mol. The van der Waals surface area contributed by atoms with Gasteiger partial charge in [0.05, 0.1) is 27.4 Å². The minimum atomic E-state index is -0.425. The number of phenolic OH excluding ortho intramolecular Hbond substituents is 1. The molecular formula is C24H27N3O5. The number of benzene rings is 2. The molecule has 1 aromatic heterocycles. The van der Waals surface area contributed by atoms with E-state index in [2.05, 4.69) is 17.1 Å². The van der Waals surface area contributed by atoms with Gasteiger partial charge in [-0.25, -0.2) is 0 Å². The van der Waals surface area contributed by atoms with Gasteiger partial charge in [-0.15, -0.1) is 0 Å². The quantitative estimate of drug-likeness (QED) is 0.549. The summed E-state index contributed by atoms with van der Waals surface area (Å²) in [5, 5.41) is 17.8. The number of carbonyl (C=O) groups excluding carboxylic acids is 1. The van der Waals surface area contributed by atoms with Gasteiger partial charge in [-0.2, -0.15) is 5.10 Å². The number of unbranched alkanes of at least 4 members (excludes halogenated alkanes) is 1. The van der Waals surface area contributed by atoms with Crippen molar-refractivity contribution in [2.24, 2.45) is 0 Å². The van der Waals surface area contributed by atoms with Crippen LogP contribution in [0.3, 0.4) is 0 Å². The number of phenols is 1. The van der Waals surface area contributed by atoms with Crippen molar-refractivity contribution in [1.82, 2.24) is 15.1 Å². The summed E-state index contributed by atoms with van der Waals surface area (Å²) in [6, 6.07) is 10.3. The molecule has 1 atom stereocenters. The third-order valence-corrected chi connectivity index (χ3v) is 5.78. The summed E-state index contributed by atoms with van der Waals surface area (Å²) in [6.07, 6.45) is 1.81. The Morgan fingerprint density at radius 2 is 1.78 bits per heavy atom. The molecule has 0 spiro atoms. The topological polar surface area (TPSA) is 96.9 Å². The molecule has 168 valence electrons. The molecular weight excluding hydrogens is 410 g/mol. The van der Waals surface area contributed by atoms with Crippen molar-refractivity contribution in [2.75, 3.05) is 27.9 Å². The minimum absolute atomic E-state index is 0.102. The van der Waals surface area contributed by atoms with Crippen LogP contribution in [0.15, 0.2) is 36.4 Å². The summed E-state index contributed by atoms with van der Waals surface area (Å²) in [5.74, 6) is 1.47. The highest BCUT2D eigenvalue weighted by molar-refractivity contribution is 6.00. The van der Waals surface area contributed by atoms with Crippen molar-refractivity contribution in [2.45, 2.75) is 25.8 Å². The van der Waals surface area contributed by atoms with E-state index in [9.17, 15) is 9.90 Å². The number of amides is 1. The van der Waals surface area contributed by atoms with Gasteiger partial charge in [-0.3, -0.25) is 9.89 Å². The third kappa shape index (κ3) is 3.41. The largest absolute Gasteiger partial charge is 0.507 e. The van der Waals surface area contributed by atoms with Crippen molar-refractivity contribution < 1.29 is 24.1 Å². The van der Waals surface area contributed by atoms with Crippen molar-refractivity contribution in [1.29, 1.82) is 0 Å². The standard InChI is InChI=1S/C24H27N3O5/c1-5-6-11-27-22(14-12-17(30-2)23(32-4)18(13-14)31-3)19-20(25-26-21(19)24(27)29)15-9-7-8-10-16(15)28/h7-10,12-13,22,28H,5-6,11H2,1-4H3,(H,25,26)/t22-/m1/s1. The van der Waals surface area contributed by atoms with Gasteiger partial charge in [0.2, 0.25) is 5.75 Å². The molecule has 3 aromatic rings. The molecule has 1 amide bonds. The number of methoxy groups -OCH3 is 3. The molecule has 4 rings (SSSR count). The van der Waals surface area contributed by atoms with Gasteiger partial charge in [0.1, 0.15) is 17.1 Å². The Bertz CT molecular complexity index is 1120. The number of hydrogen-bond donors (Lipinski definition) is 2. The maximum absolute atomic E-state index is 13.4. The lowest BCUT2D eigenvalue weighted by Crippen LogP contribution is -2.30. The highest BCUT2D eigenvalue weighted by atomic mass is 16.5. The van der Waals surface area contributed by atoms with Gasteiger partial charge in [-0.1, -0.05) is 25.5 Å². The predicted octanol–water partition coefficient (Wildman–Crippen LogP) is 4.15. The van der Waals surface area contributed by atoms with E-state index in [4.69, 9.17) is 14.2 Å². The molecule has 0 aliphatic carbocycles. The highest BCUT2D eigenvalue weighted by Crippen LogP contribution is 2.48. The first-order valence-electron chi connectivity index (χ1n) is 10.5. The summed E-state index contributed by atoms with van der Waals surface area (Å²) < 4.78 is 16.6. The van der Waals surface area contributed by atoms with E-state index in [1.54, 1.807) is 39.5 Å². The average molecular weight is 437 g/mol. The summed E-state index contributed by atoms with van der Waals surface area (Å²) in [4.78, 5) is 15.2. The van der Waals surface area contributed by atoms with Crippen molar-refractivity contribution in [3.8, 4) is 34.3 Å². The lowest BCUT2D eigenvalue weighted by Gasteiger charge is -2.27. The molecule has 2 aromatic carbocycles. The molecule has 8 heteroatoms. The molecule has 0 unspecified atom stereocenters. The van der Waals surface area contributed by atoms with Gasteiger partial charge in [0.15, 0.2) is 11.5 Å². The van der Waals surface area contributed by atoms with Crippen LogP contribution in [0.1, 0.15) is 47.4 Å².